The molecule has 0 saturated carbocycles. The summed E-state index contributed by atoms with van der Waals surface area (Å²) in [4.78, 5) is 0. The van der Waals surface area contributed by atoms with Gasteiger partial charge in [0, 0.05) is 22.3 Å². The minimum atomic E-state index is 0.330. The molecule has 18 heavy (non-hydrogen) atoms. The molecule has 0 aliphatic heterocycles. The van der Waals surface area contributed by atoms with Crippen LogP contribution in [0.2, 0.25) is 0 Å². The topological polar surface area (TPSA) is 32.3 Å². The molecular formula is C15H16BrNO. The SMILES string of the molecule is Cc1ccc(O)c(CNc2cccc(C)c2Br)c1. The van der Waals surface area contributed by atoms with Gasteiger partial charge in [0.2, 0.25) is 0 Å². The first-order valence-corrected chi connectivity index (χ1v) is 6.64. The van der Waals surface area contributed by atoms with Gasteiger partial charge in [0.15, 0.2) is 0 Å². The molecule has 94 valence electrons. The molecule has 0 heterocycles. The van der Waals surface area contributed by atoms with Gasteiger partial charge in [0.25, 0.3) is 0 Å². The Bertz CT molecular complexity index is 564. The monoisotopic (exact) mass is 305 g/mol. The Hall–Kier alpha value is -1.48. The summed E-state index contributed by atoms with van der Waals surface area (Å²) in [5.41, 5.74) is 4.28. The molecule has 0 aliphatic carbocycles. The van der Waals surface area contributed by atoms with Crippen LogP contribution >= 0.6 is 15.9 Å². The second-order valence-corrected chi connectivity index (χ2v) is 5.22. The van der Waals surface area contributed by atoms with Crippen molar-refractivity contribution in [1.82, 2.24) is 0 Å². The molecule has 3 heteroatoms. The molecule has 2 N–H and O–H groups in total. The van der Waals surface area contributed by atoms with Crippen LogP contribution < -0.4 is 5.32 Å². The lowest BCUT2D eigenvalue weighted by Gasteiger charge is -2.11. The Morgan fingerprint density at radius 3 is 2.72 bits per heavy atom. The fourth-order valence-electron chi connectivity index (χ4n) is 1.83. The zero-order valence-electron chi connectivity index (χ0n) is 10.5. The van der Waals surface area contributed by atoms with Gasteiger partial charge < -0.3 is 10.4 Å². The molecule has 0 atom stereocenters. The zero-order chi connectivity index (χ0) is 13.1. The van der Waals surface area contributed by atoms with Crippen molar-refractivity contribution < 1.29 is 5.11 Å². The van der Waals surface area contributed by atoms with Crippen LogP contribution in [0.3, 0.4) is 0 Å². The van der Waals surface area contributed by atoms with Crippen LogP contribution in [-0.4, -0.2) is 5.11 Å². The number of nitrogens with one attached hydrogen (secondary N) is 1. The van der Waals surface area contributed by atoms with Crippen molar-refractivity contribution in [3.63, 3.8) is 0 Å². The van der Waals surface area contributed by atoms with Gasteiger partial charge in [-0.05, 0) is 47.5 Å². The van der Waals surface area contributed by atoms with E-state index in [4.69, 9.17) is 0 Å². The molecule has 0 fully saturated rings. The van der Waals surface area contributed by atoms with Gasteiger partial charge in [-0.2, -0.15) is 0 Å². The molecule has 0 saturated heterocycles. The quantitative estimate of drug-likeness (QED) is 0.882. The molecular weight excluding hydrogens is 290 g/mol. The van der Waals surface area contributed by atoms with Crippen LogP contribution in [0.25, 0.3) is 0 Å². The largest absolute Gasteiger partial charge is 0.508 e. The van der Waals surface area contributed by atoms with Crippen molar-refractivity contribution in [2.75, 3.05) is 5.32 Å². The standard InChI is InChI=1S/C15H16BrNO/c1-10-6-7-14(18)12(8-10)9-17-13-5-3-4-11(2)15(13)16/h3-8,17-18H,9H2,1-2H3. The summed E-state index contributed by atoms with van der Waals surface area (Å²) in [6.45, 7) is 4.68. The van der Waals surface area contributed by atoms with Crippen LogP contribution in [0.15, 0.2) is 40.9 Å². The summed E-state index contributed by atoms with van der Waals surface area (Å²) in [5, 5.41) is 13.1. The lowest BCUT2D eigenvalue weighted by molar-refractivity contribution is 0.469. The zero-order valence-corrected chi connectivity index (χ0v) is 12.1. The minimum absolute atomic E-state index is 0.330. The summed E-state index contributed by atoms with van der Waals surface area (Å²) < 4.78 is 1.07. The molecule has 0 amide bonds. The highest BCUT2D eigenvalue weighted by Crippen LogP contribution is 2.27. The lowest BCUT2D eigenvalue weighted by Crippen LogP contribution is -2.01. The van der Waals surface area contributed by atoms with E-state index in [1.165, 1.54) is 5.56 Å². The molecule has 0 aliphatic rings. The number of phenols is 1. The van der Waals surface area contributed by atoms with Crippen LogP contribution in [0.5, 0.6) is 5.75 Å². The fraction of sp³-hybridized carbons (Fsp3) is 0.200. The van der Waals surface area contributed by atoms with Crippen molar-refractivity contribution in [3.8, 4) is 5.75 Å². The van der Waals surface area contributed by atoms with E-state index in [9.17, 15) is 5.11 Å². The molecule has 0 unspecified atom stereocenters. The second-order valence-electron chi connectivity index (χ2n) is 4.42. The third-order valence-corrected chi connectivity index (χ3v) is 3.95. The molecule has 0 bridgehead atoms. The Labute approximate surface area is 116 Å². The second kappa shape index (κ2) is 5.44. The lowest BCUT2D eigenvalue weighted by atomic mass is 10.1. The number of anilines is 1. The van der Waals surface area contributed by atoms with E-state index in [1.807, 2.05) is 31.2 Å². The third kappa shape index (κ3) is 2.85. The molecule has 2 rings (SSSR count). The number of hydrogen-bond acceptors (Lipinski definition) is 2. The van der Waals surface area contributed by atoms with Gasteiger partial charge in [-0.1, -0.05) is 29.8 Å². The first kappa shape index (κ1) is 13.0. The Morgan fingerprint density at radius 2 is 1.94 bits per heavy atom. The van der Waals surface area contributed by atoms with Crippen LogP contribution in [-0.2, 0) is 6.54 Å². The number of aryl methyl sites for hydroxylation is 2. The van der Waals surface area contributed by atoms with Gasteiger partial charge in [-0.15, -0.1) is 0 Å². The van der Waals surface area contributed by atoms with E-state index in [0.717, 1.165) is 21.3 Å². The molecule has 0 radical (unpaired) electrons. The van der Waals surface area contributed by atoms with Crippen LogP contribution in [0, 0.1) is 13.8 Å². The average Bonchev–Trinajstić information content (AvgIpc) is 2.35. The normalized spacial score (nSPS) is 10.4. The Kier molecular flexibility index (Phi) is 3.92. The number of halogens is 1. The maximum absolute atomic E-state index is 9.79. The van der Waals surface area contributed by atoms with Crippen molar-refractivity contribution in [1.29, 1.82) is 0 Å². The van der Waals surface area contributed by atoms with Crippen molar-refractivity contribution in [2.24, 2.45) is 0 Å². The molecule has 2 aromatic rings. The number of benzene rings is 2. The smallest absolute Gasteiger partial charge is 0.120 e. The minimum Gasteiger partial charge on any atom is -0.508 e. The van der Waals surface area contributed by atoms with Crippen LogP contribution in [0.1, 0.15) is 16.7 Å². The Balaban J connectivity index is 2.16. The van der Waals surface area contributed by atoms with Gasteiger partial charge >= 0.3 is 0 Å². The van der Waals surface area contributed by atoms with Gasteiger partial charge in [-0.25, -0.2) is 0 Å². The fourth-order valence-corrected chi connectivity index (χ4v) is 2.23. The van der Waals surface area contributed by atoms with Crippen LogP contribution in [0.4, 0.5) is 5.69 Å². The molecule has 2 nitrogen and oxygen atoms in total. The van der Waals surface area contributed by atoms with E-state index >= 15 is 0 Å². The maximum atomic E-state index is 9.79. The molecule has 0 spiro atoms. The highest BCUT2D eigenvalue weighted by molar-refractivity contribution is 9.10. The predicted molar refractivity (Wildman–Crippen MR) is 79.0 cm³/mol. The molecule has 2 aromatic carbocycles. The first-order valence-electron chi connectivity index (χ1n) is 5.85. The van der Waals surface area contributed by atoms with E-state index in [-0.39, 0.29) is 0 Å². The highest BCUT2D eigenvalue weighted by atomic mass is 79.9. The highest BCUT2D eigenvalue weighted by Gasteiger charge is 2.04. The van der Waals surface area contributed by atoms with E-state index in [2.05, 4.69) is 34.2 Å². The molecule has 0 aromatic heterocycles. The maximum Gasteiger partial charge on any atom is 0.120 e. The number of aromatic hydroxyl groups is 1. The van der Waals surface area contributed by atoms with Crippen molar-refractivity contribution >= 4 is 21.6 Å². The first-order chi connectivity index (χ1) is 8.58. The summed E-state index contributed by atoms with van der Waals surface area (Å²) in [5.74, 6) is 0.330. The van der Waals surface area contributed by atoms with Gasteiger partial charge in [0.1, 0.15) is 5.75 Å². The third-order valence-electron chi connectivity index (χ3n) is 2.90. The van der Waals surface area contributed by atoms with Crippen molar-refractivity contribution in [3.05, 3.63) is 57.6 Å². The van der Waals surface area contributed by atoms with Crippen molar-refractivity contribution in [2.45, 2.75) is 20.4 Å². The number of hydrogen-bond donors (Lipinski definition) is 2. The summed E-state index contributed by atoms with van der Waals surface area (Å²) in [7, 11) is 0. The van der Waals surface area contributed by atoms with Gasteiger partial charge in [-0.3, -0.25) is 0 Å². The summed E-state index contributed by atoms with van der Waals surface area (Å²) in [6, 6.07) is 11.7. The van der Waals surface area contributed by atoms with E-state index in [0.29, 0.717) is 12.3 Å². The predicted octanol–water partition coefficient (Wildman–Crippen LogP) is 4.38. The number of rotatable bonds is 3. The number of phenolic OH excluding ortho intramolecular Hbond substituents is 1. The average molecular weight is 306 g/mol. The van der Waals surface area contributed by atoms with E-state index < -0.39 is 0 Å². The summed E-state index contributed by atoms with van der Waals surface area (Å²) in [6.07, 6.45) is 0. The summed E-state index contributed by atoms with van der Waals surface area (Å²) >= 11 is 3.56. The Morgan fingerprint density at radius 1 is 1.17 bits per heavy atom. The van der Waals surface area contributed by atoms with Gasteiger partial charge in [0.05, 0.1) is 0 Å². The van der Waals surface area contributed by atoms with E-state index in [1.54, 1.807) is 6.07 Å².